The van der Waals surface area contributed by atoms with Crippen LogP contribution < -0.4 is 9.64 Å². The Balaban J connectivity index is 1.45. The average Bonchev–Trinajstić information content (AvgIpc) is 2.73. The standard InChI is InChI=1S/C21H26ClN3O3/c1-3-27-21(26)17-4-6-18(7-5-17)28-14-15(2)16-10-12-25(13-11-16)20-9-8-19(22)23-24-20/h4-9,15-16H,3,10-14H2,1-2H3. The van der Waals surface area contributed by atoms with Crippen LogP contribution in [0.25, 0.3) is 0 Å². The van der Waals surface area contributed by atoms with Crippen molar-refractivity contribution >= 4 is 23.4 Å². The number of hydrogen-bond donors (Lipinski definition) is 0. The Morgan fingerprint density at radius 2 is 1.89 bits per heavy atom. The van der Waals surface area contributed by atoms with Crippen LogP contribution in [-0.4, -0.2) is 42.5 Å². The number of hydrogen-bond acceptors (Lipinski definition) is 6. The fourth-order valence-corrected chi connectivity index (χ4v) is 3.54. The van der Waals surface area contributed by atoms with Crippen LogP contribution in [0.3, 0.4) is 0 Å². The van der Waals surface area contributed by atoms with Gasteiger partial charge in [0.05, 0.1) is 18.8 Å². The van der Waals surface area contributed by atoms with E-state index in [0.29, 0.717) is 35.8 Å². The van der Waals surface area contributed by atoms with E-state index < -0.39 is 0 Å². The van der Waals surface area contributed by atoms with Crippen LogP contribution in [0.2, 0.25) is 5.15 Å². The summed E-state index contributed by atoms with van der Waals surface area (Å²) in [7, 11) is 0. The predicted molar refractivity (Wildman–Crippen MR) is 109 cm³/mol. The lowest BCUT2D eigenvalue weighted by molar-refractivity contribution is 0.0526. The highest BCUT2D eigenvalue weighted by atomic mass is 35.5. The lowest BCUT2D eigenvalue weighted by Crippen LogP contribution is -2.37. The van der Waals surface area contributed by atoms with Crippen molar-refractivity contribution in [3.8, 4) is 5.75 Å². The van der Waals surface area contributed by atoms with Gasteiger partial charge in [-0.05, 0) is 68.0 Å². The number of carbonyl (C=O) groups excluding carboxylic acids is 1. The topological polar surface area (TPSA) is 64.6 Å². The van der Waals surface area contributed by atoms with Crippen LogP contribution in [0.1, 0.15) is 37.0 Å². The fourth-order valence-electron chi connectivity index (χ4n) is 3.44. The van der Waals surface area contributed by atoms with Gasteiger partial charge in [-0.3, -0.25) is 0 Å². The van der Waals surface area contributed by atoms with Crippen LogP contribution >= 0.6 is 11.6 Å². The van der Waals surface area contributed by atoms with Crippen molar-refractivity contribution in [3.63, 3.8) is 0 Å². The van der Waals surface area contributed by atoms with E-state index in [-0.39, 0.29) is 5.97 Å². The molecule has 1 saturated heterocycles. The Morgan fingerprint density at radius 3 is 2.50 bits per heavy atom. The van der Waals surface area contributed by atoms with Crippen LogP contribution in [0, 0.1) is 11.8 Å². The largest absolute Gasteiger partial charge is 0.493 e. The molecule has 0 aliphatic carbocycles. The Morgan fingerprint density at radius 1 is 1.18 bits per heavy atom. The Labute approximate surface area is 170 Å². The first-order chi connectivity index (χ1) is 13.6. The first kappa shape index (κ1) is 20.4. The van der Waals surface area contributed by atoms with Gasteiger partial charge in [0, 0.05) is 13.1 Å². The van der Waals surface area contributed by atoms with Crippen molar-refractivity contribution in [1.82, 2.24) is 10.2 Å². The molecule has 150 valence electrons. The number of benzene rings is 1. The Bertz CT molecular complexity index is 759. The second kappa shape index (κ2) is 9.73. The summed E-state index contributed by atoms with van der Waals surface area (Å²) in [6.07, 6.45) is 2.19. The third-order valence-corrected chi connectivity index (χ3v) is 5.37. The molecule has 0 bridgehead atoms. The summed E-state index contributed by atoms with van der Waals surface area (Å²) in [5.41, 5.74) is 0.542. The van der Waals surface area contributed by atoms with Crippen LogP contribution in [-0.2, 0) is 4.74 Å². The van der Waals surface area contributed by atoms with E-state index in [1.807, 2.05) is 18.2 Å². The smallest absolute Gasteiger partial charge is 0.338 e. The molecule has 2 heterocycles. The van der Waals surface area contributed by atoms with Gasteiger partial charge in [0.2, 0.25) is 0 Å². The molecule has 0 saturated carbocycles. The number of aromatic nitrogens is 2. The number of rotatable bonds is 7. The second-order valence-electron chi connectivity index (χ2n) is 7.07. The van der Waals surface area contributed by atoms with E-state index in [1.165, 1.54) is 0 Å². The van der Waals surface area contributed by atoms with Crippen molar-refractivity contribution in [1.29, 1.82) is 0 Å². The summed E-state index contributed by atoms with van der Waals surface area (Å²) in [5, 5.41) is 8.51. The lowest BCUT2D eigenvalue weighted by atomic mass is 9.86. The highest BCUT2D eigenvalue weighted by Crippen LogP contribution is 2.28. The summed E-state index contributed by atoms with van der Waals surface area (Å²) in [5.74, 6) is 2.40. The van der Waals surface area contributed by atoms with Gasteiger partial charge in [-0.15, -0.1) is 10.2 Å². The third-order valence-electron chi connectivity index (χ3n) is 5.16. The minimum Gasteiger partial charge on any atom is -0.493 e. The highest BCUT2D eigenvalue weighted by Gasteiger charge is 2.25. The van der Waals surface area contributed by atoms with E-state index in [9.17, 15) is 4.79 Å². The molecule has 0 N–H and O–H groups in total. The zero-order valence-electron chi connectivity index (χ0n) is 16.3. The zero-order valence-corrected chi connectivity index (χ0v) is 17.1. The van der Waals surface area contributed by atoms with Crippen molar-refractivity contribution < 1.29 is 14.3 Å². The first-order valence-corrected chi connectivity index (χ1v) is 10.1. The Kier molecular flexibility index (Phi) is 7.09. The number of esters is 1. The highest BCUT2D eigenvalue weighted by molar-refractivity contribution is 6.29. The maximum Gasteiger partial charge on any atom is 0.338 e. The van der Waals surface area contributed by atoms with E-state index in [2.05, 4.69) is 22.0 Å². The van der Waals surface area contributed by atoms with Crippen molar-refractivity contribution in [3.05, 3.63) is 47.1 Å². The van der Waals surface area contributed by atoms with E-state index in [1.54, 1.807) is 25.1 Å². The molecule has 28 heavy (non-hydrogen) atoms. The summed E-state index contributed by atoms with van der Waals surface area (Å²) in [4.78, 5) is 13.9. The molecule has 1 aromatic carbocycles. The molecule has 0 spiro atoms. The van der Waals surface area contributed by atoms with Gasteiger partial charge >= 0.3 is 5.97 Å². The van der Waals surface area contributed by atoms with Gasteiger partial charge in [0.15, 0.2) is 11.0 Å². The average molecular weight is 404 g/mol. The molecule has 0 radical (unpaired) electrons. The van der Waals surface area contributed by atoms with E-state index in [0.717, 1.165) is 37.5 Å². The molecule has 1 aromatic heterocycles. The number of halogens is 1. The van der Waals surface area contributed by atoms with E-state index >= 15 is 0 Å². The maximum atomic E-state index is 11.7. The van der Waals surface area contributed by atoms with Gasteiger partial charge in [-0.2, -0.15) is 0 Å². The van der Waals surface area contributed by atoms with Gasteiger partial charge in [0.1, 0.15) is 5.75 Å². The van der Waals surface area contributed by atoms with Crippen LogP contribution in [0.4, 0.5) is 5.82 Å². The maximum absolute atomic E-state index is 11.7. The molecule has 3 rings (SSSR count). The molecule has 7 heteroatoms. The molecule has 1 aliphatic rings. The second-order valence-corrected chi connectivity index (χ2v) is 7.46. The normalized spacial score (nSPS) is 15.9. The fraction of sp³-hybridized carbons (Fsp3) is 0.476. The number of piperidine rings is 1. The minimum atomic E-state index is -0.306. The number of nitrogens with zero attached hydrogens (tertiary/aromatic N) is 3. The first-order valence-electron chi connectivity index (χ1n) is 9.71. The SMILES string of the molecule is CCOC(=O)c1ccc(OCC(C)C2CCN(c3ccc(Cl)nn3)CC2)cc1. The minimum absolute atomic E-state index is 0.306. The summed E-state index contributed by atoms with van der Waals surface area (Å²) >= 11 is 5.81. The summed E-state index contributed by atoms with van der Waals surface area (Å²) < 4.78 is 10.9. The Hall–Kier alpha value is -2.34. The molecule has 1 unspecified atom stereocenters. The number of anilines is 1. The molecule has 1 aliphatic heterocycles. The molecular formula is C21H26ClN3O3. The molecule has 0 amide bonds. The monoisotopic (exact) mass is 403 g/mol. The van der Waals surface area contributed by atoms with Gasteiger partial charge in [-0.25, -0.2) is 4.79 Å². The molecule has 2 aromatic rings. The van der Waals surface area contributed by atoms with Gasteiger partial charge in [0.25, 0.3) is 0 Å². The van der Waals surface area contributed by atoms with Crippen molar-refractivity contribution in [2.45, 2.75) is 26.7 Å². The quantitative estimate of drug-likeness (QED) is 0.644. The van der Waals surface area contributed by atoms with Gasteiger partial charge in [-0.1, -0.05) is 18.5 Å². The summed E-state index contributed by atoms with van der Waals surface area (Å²) in [6.45, 7) is 6.97. The van der Waals surface area contributed by atoms with Crippen molar-refractivity contribution in [2.75, 3.05) is 31.2 Å². The molecule has 6 nitrogen and oxygen atoms in total. The number of ether oxygens (including phenoxy) is 2. The molecular weight excluding hydrogens is 378 g/mol. The molecule has 1 atom stereocenters. The van der Waals surface area contributed by atoms with Gasteiger partial charge < -0.3 is 14.4 Å². The predicted octanol–water partition coefficient (Wildman–Crippen LogP) is 4.24. The van der Waals surface area contributed by atoms with Crippen molar-refractivity contribution in [2.24, 2.45) is 11.8 Å². The van der Waals surface area contributed by atoms with Crippen LogP contribution in [0.5, 0.6) is 5.75 Å². The zero-order chi connectivity index (χ0) is 19.9. The van der Waals surface area contributed by atoms with Crippen LogP contribution in [0.15, 0.2) is 36.4 Å². The lowest BCUT2D eigenvalue weighted by Gasteiger charge is -2.35. The molecule has 1 fully saturated rings. The van der Waals surface area contributed by atoms with E-state index in [4.69, 9.17) is 21.1 Å². The summed E-state index contributed by atoms with van der Waals surface area (Å²) in [6, 6.07) is 10.8. The number of carbonyl (C=O) groups is 1. The third kappa shape index (κ3) is 5.35.